The SMILES string of the molecule is Cc1cc(C)nc(N2CCC[C@H](C(=O)NCCc3c(C)noc3C)C2)n1. The minimum atomic E-state index is -0.0298. The molecule has 1 saturated heterocycles. The molecule has 140 valence electrons. The number of carbonyl (C=O) groups excluding carboxylic acids is 1. The minimum absolute atomic E-state index is 0.0298. The van der Waals surface area contributed by atoms with E-state index in [4.69, 9.17) is 4.52 Å². The fourth-order valence-electron chi connectivity index (χ4n) is 3.54. The molecule has 1 N–H and O–H groups in total. The third-order valence-corrected chi connectivity index (χ3v) is 4.90. The van der Waals surface area contributed by atoms with Crippen molar-refractivity contribution in [2.45, 2.75) is 47.0 Å². The first-order chi connectivity index (χ1) is 12.4. The highest BCUT2D eigenvalue weighted by atomic mass is 16.5. The van der Waals surface area contributed by atoms with E-state index >= 15 is 0 Å². The highest BCUT2D eigenvalue weighted by molar-refractivity contribution is 5.79. The van der Waals surface area contributed by atoms with Crippen molar-refractivity contribution < 1.29 is 9.32 Å². The molecule has 7 nitrogen and oxygen atoms in total. The van der Waals surface area contributed by atoms with E-state index < -0.39 is 0 Å². The highest BCUT2D eigenvalue weighted by Gasteiger charge is 2.27. The Labute approximate surface area is 154 Å². The molecule has 1 aliphatic heterocycles. The number of aryl methyl sites for hydroxylation is 4. The van der Waals surface area contributed by atoms with Crippen LogP contribution in [-0.4, -0.2) is 40.7 Å². The molecule has 0 spiro atoms. The van der Waals surface area contributed by atoms with Crippen LogP contribution < -0.4 is 10.2 Å². The second-order valence-electron chi connectivity index (χ2n) is 7.08. The molecule has 1 amide bonds. The number of hydrogen-bond acceptors (Lipinski definition) is 6. The molecule has 0 aliphatic carbocycles. The predicted molar refractivity (Wildman–Crippen MR) is 99.1 cm³/mol. The standard InChI is InChI=1S/C19H27N5O2/c1-12-10-13(2)22-19(21-12)24-9-5-6-16(11-24)18(25)20-8-7-17-14(3)23-26-15(17)4/h10,16H,5-9,11H2,1-4H3,(H,20,25)/t16-/m0/s1. The van der Waals surface area contributed by atoms with Crippen molar-refractivity contribution in [1.29, 1.82) is 0 Å². The molecule has 26 heavy (non-hydrogen) atoms. The fourth-order valence-corrected chi connectivity index (χ4v) is 3.54. The van der Waals surface area contributed by atoms with E-state index in [0.717, 1.165) is 60.2 Å². The van der Waals surface area contributed by atoms with Crippen LogP contribution in [0.3, 0.4) is 0 Å². The maximum Gasteiger partial charge on any atom is 0.225 e. The Bertz CT molecular complexity index is 746. The lowest BCUT2D eigenvalue weighted by Crippen LogP contribution is -2.44. The van der Waals surface area contributed by atoms with Gasteiger partial charge in [-0.25, -0.2) is 9.97 Å². The zero-order chi connectivity index (χ0) is 18.7. The number of piperidine rings is 1. The van der Waals surface area contributed by atoms with Crippen molar-refractivity contribution in [3.8, 4) is 0 Å². The quantitative estimate of drug-likeness (QED) is 0.884. The largest absolute Gasteiger partial charge is 0.361 e. The number of rotatable bonds is 5. The molecule has 3 rings (SSSR count). The van der Waals surface area contributed by atoms with Gasteiger partial charge in [-0.2, -0.15) is 0 Å². The van der Waals surface area contributed by atoms with E-state index in [1.165, 1.54) is 0 Å². The zero-order valence-corrected chi connectivity index (χ0v) is 16.0. The van der Waals surface area contributed by atoms with Gasteiger partial charge in [0.25, 0.3) is 0 Å². The monoisotopic (exact) mass is 357 g/mol. The number of nitrogens with zero attached hydrogens (tertiary/aromatic N) is 4. The van der Waals surface area contributed by atoms with Crippen molar-refractivity contribution in [3.05, 3.63) is 34.5 Å². The van der Waals surface area contributed by atoms with E-state index in [0.29, 0.717) is 13.1 Å². The molecular formula is C19H27N5O2. The third-order valence-electron chi connectivity index (χ3n) is 4.90. The molecule has 1 fully saturated rings. The summed E-state index contributed by atoms with van der Waals surface area (Å²) in [5, 5.41) is 7.02. The van der Waals surface area contributed by atoms with Crippen molar-refractivity contribution in [1.82, 2.24) is 20.4 Å². The van der Waals surface area contributed by atoms with Gasteiger partial charge in [-0.05, 0) is 53.0 Å². The van der Waals surface area contributed by atoms with Gasteiger partial charge >= 0.3 is 0 Å². The van der Waals surface area contributed by atoms with Crippen LogP contribution >= 0.6 is 0 Å². The maximum absolute atomic E-state index is 12.6. The van der Waals surface area contributed by atoms with E-state index in [1.54, 1.807) is 0 Å². The Hall–Kier alpha value is -2.44. The van der Waals surface area contributed by atoms with Gasteiger partial charge < -0.3 is 14.7 Å². The van der Waals surface area contributed by atoms with E-state index in [9.17, 15) is 4.79 Å². The third kappa shape index (κ3) is 4.20. The topological polar surface area (TPSA) is 84.2 Å². The Morgan fingerprint density at radius 2 is 2.00 bits per heavy atom. The molecule has 7 heteroatoms. The molecule has 1 aliphatic rings. The summed E-state index contributed by atoms with van der Waals surface area (Å²) in [5.74, 6) is 1.63. The number of hydrogen-bond donors (Lipinski definition) is 1. The van der Waals surface area contributed by atoms with Crippen molar-refractivity contribution in [3.63, 3.8) is 0 Å². The van der Waals surface area contributed by atoms with Crippen LogP contribution in [0.4, 0.5) is 5.95 Å². The van der Waals surface area contributed by atoms with Gasteiger partial charge in [0.05, 0.1) is 11.6 Å². The average molecular weight is 357 g/mol. The summed E-state index contributed by atoms with van der Waals surface area (Å²) in [5.41, 5.74) is 3.89. The molecule has 0 bridgehead atoms. The van der Waals surface area contributed by atoms with Crippen molar-refractivity contribution in [2.24, 2.45) is 5.92 Å². The first-order valence-electron chi connectivity index (χ1n) is 9.20. The molecule has 3 heterocycles. The summed E-state index contributed by atoms with van der Waals surface area (Å²) >= 11 is 0. The lowest BCUT2D eigenvalue weighted by atomic mass is 9.97. The molecule has 1 atom stereocenters. The lowest BCUT2D eigenvalue weighted by molar-refractivity contribution is -0.125. The Morgan fingerprint density at radius 1 is 1.27 bits per heavy atom. The fraction of sp³-hybridized carbons (Fsp3) is 0.579. The normalized spacial score (nSPS) is 17.4. The Balaban J connectivity index is 1.56. The van der Waals surface area contributed by atoms with Gasteiger partial charge in [0, 0.05) is 36.6 Å². The summed E-state index contributed by atoms with van der Waals surface area (Å²) in [4.78, 5) is 23.8. The number of amides is 1. The molecular weight excluding hydrogens is 330 g/mol. The van der Waals surface area contributed by atoms with Crippen LogP contribution in [-0.2, 0) is 11.2 Å². The summed E-state index contributed by atoms with van der Waals surface area (Å²) in [6, 6.07) is 1.96. The van der Waals surface area contributed by atoms with E-state index in [2.05, 4.69) is 25.3 Å². The number of aromatic nitrogens is 3. The summed E-state index contributed by atoms with van der Waals surface area (Å²) < 4.78 is 5.17. The highest BCUT2D eigenvalue weighted by Crippen LogP contribution is 2.21. The molecule has 0 saturated carbocycles. The lowest BCUT2D eigenvalue weighted by Gasteiger charge is -2.32. The zero-order valence-electron chi connectivity index (χ0n) is 16.0. The number of carbonyl (C=O) groups is 1. The molecule has 0 unspecified atom stereocenters. The second-order valence-corrected chi connectivity index (χ2v) is 7.08. The van der Waals surface area contributed by atoms with Crippen LogP contribution in [0.25, 0.3) is 0 Å². The Morgan fingerprint density at radius 3 is 2.65 bits per heavy atom. The van der Waals surface area contributed by atoms with Crippen molar-refractivity contribution >= 4 is 11.9 Å². The second kappa shape index (κ2) is 7.85. The van der Waals surface area contributed by atoms with Crippen LogP contribution in [0.1, 0.15) is 41.2 Å². The van der Waals surface area contributed by atoms with Crippen LogP contribution in [0, 0.1) is 33.6 Å². The van der Waals surface area contributed by atoms with Gasteiger partial charge in [-0.15, -0.1) is 0 Å². The van der Waals surface area contributed by atoms with Crippen LogP contribution in [0.2, 0.25) is 0 Å². The Kier molecular flexibility index (Phi) is 5.54. The summed E-state index contributed by atoms with van der Waals surface area (Å²) in [6.45, 7) is 9.93. The maximum atomic E-state index is 12.6. The van der Waals surface area contributed by atoms with Crippen molar-refractivity contribution in [2.75, 3.05) is 24.5 Å². The summed E-state index contributed by atoms with van der Waals surface area (Å²) in [6.07, 6.45) is 2.61. The first-order valence-corrected chi connectivity index (χ1v) is 9.20. The molecule has 0 radical (unpaired) electrons. The minimum Gasteiger partial charge on any atom is -0.361 e. The van der Waals surface area contributed by atoms with Gasteiger partial charge in [-0.3, -0.25) is 4.79 Å². The number of anilines is 1. The first kappa shape index (κ1) is 18.4. The molecule has 2 aromatic heterocycles. The average Bonchev–Trinajstić information content (AvgIpc) is 2.93. The smallest absolute Gasteiger partial charge is 0.225 e. The predicted octanol–water partition coefficient (Wildman–Crippen LogP) is 2.27. The van der Waals surface area contributed by atoms with Gasteiger partial charge in [0.15, 0.2) is 0 Å². The van der Waals surface area contributed by atoms with Crippen LogP contribution in [0.5, 0.6) is 0 Å². The van der Waals surface area contributed by atoms with E-state index in [-0.39, 0.29) is 11.8 Å². The van der Waals surface area contributed by atoms with Gasteiger partial charge in [0.1, 0.15) is 5.76 Å². The van der Waals surface area contributed by atoms with E-state index in [1.807, 2.05) is 33.8 Å². The molecule has 2 aromatic rings. The van der Waals surface area contributed by atoms with Gasteiger partial charge in [-0.1, -0.05) is 5.16 Å². The molecule has 0 aromatic carbocycles. The number of nitrogens with one attached hydrogen (secondary N) is 1. The van der Waals surface area contributed by atoms with Crippen LogP contribution in [0.15, 0.2) is 10.6 Å². The summed E-state index contributed by atoms with van der Waals surface area (Å²) in [7, 11) is 0. The van der Waals surface area contributed by atoms with Gasteiger partial charge in [0.2, 0.25) is 11.9 Å².